The van der Waals surface area contributed by atoms with Crippen LogP contribution in [0.3, 0.4) is 0 Å². The standard InChI is InChI=1S/C9H9F2NO2S/c10-6-2-3-7-9(8(6)11)15(13,14)5-1-4-12-7/h2-3,12H,1,4-5H2. The van der Waals surface area contributed by atoms with E-state index < -0.39 is 26.4 Å². The first-order chi connectivity index (χ1) is 7.02. The van der Waals surface area contributed by atoms with Crippen LogP contribution in [0.15, 0.2) is 17.0 Å². The minimum absolute atomic E-state index is 0.145. The Morgan fingerprint density at radius 3 is 2.73 bits per heavy atom. The van der Waals surface area contributed by atoms with Crippen LogP contribution in [-0.2, 0) is 9.84 Å². The van der Waals surface area contributed by atoms with E-state index in [1.165, 1.54) is 6.07 Å². The number of sulfone groups is 1. The Morgan fingerprint density at radius 1 is 1.27 bits per heavy atom. The number of benzene rings is 1. The molecule has 0 aliphatic carbocycles. The molecule has 6 heteroatoms. The molecule has 1 aliphatic heterocycles. The van der Waals surface area contributed by atoms with Crippen LogP contribution in [-0.4, -0.2) is 20.7 Å². The van der Waals surface area contributed by atoms with E-state index in [9.17, 15) is 17.2 Å². The summed E-state index contributed by atoms with van der Waals surface area (Å²) in [6, 6.07) is 2.17. The maximum Gasteiger partial charge on any atom is 0.183 e. The molecule has 1 N–H and O–H groups in total. The highest BCUT2D eigenvalue weighted by Crippen LogP contribution is 2.29. The lowest BCUT2D eigenvalue weighted by atomic mass is 10.3. The van der Waals surface area contributed by atoms with Gasteiger partial charge in [-0.05, 0) is 18.6 Å². The predicted molar refractivity (Wildman–Crippen MR) is 51.5 cm³/mol. The van der Waals surface area contributed by atoms with Crippen LogP contribution in [0.2, 0.25) is 0 Å². The lowest BCUT2D eigenvalue weighted by Gasteiger charge is -2.08. The van der Waals surface area contributed by atoms with Gasteiger partial charge in [0.1, 0.15) is 4.90 Å². The molecule has 1 aromatic carbocycles. The Labute approximate surface area is 86.0 Å². The van der Waals surface area contributed by atoms with Crippen molar-refractivity contribution in [2.45, 2.75) is 11.3 Å². The van der Waals surface area contributed by atoms with Crippen LogP contribution >= 0.6 is 0 Å². The number of hydrogen-bond donors (Lipinski definition) is 1. The zero-order chi connectivity index (χ0) is 11.1. The number of halogens is 2. The first kappa shape index (κ1) is 10.4. The maximum absolute atomic E-state index is 13.4. The first-order valence-corrected chi connectivity index (χ1v) is 6.12. The second-order valence-corrected chi connectivity index (χ2v) is 5.38. The number of hydrogen-bond acceptors (Lipinski definition) is 3. The summed E-state index contributed by atoms with van der Waals surface area (Å²) in [7, 11) is -3.71. The van der Waals surface area contributed by atoms with Crippen molar-refractivity contribution in [1.29, 1.82) is 0 Å². The number of anilines is 1. The smallest absolute Gasteiger partial charge is 0.183 e. The molecule has 1 aliphatic rings. The molecular weight excluding hydrogens is 224 g/mol. The maximum atomic E-state index is 13.4. The molecule has 0 saturated carbocycles. The Kier molecular flexibility index (Phi) is 2.38. The first-order valence-electron chi connectivity index (χ1n) is 4.47. The highest BCUT2D eigenvalue weighted by atomic mass is 32.2. The fraction of sp³-hybridized carbons (Fsp3) is 0.333. The summed E-state index contributed by atoms with van der Waals surface area (Å²) in [5.41, 5.74) is 0.145. The van der Waals surface area contributed by atoms with Crippen LogP contribution < -0.4 is 5.32 Å². The van der Waals surface area contributed by atoms with E-state index in [-0.39, 0.29) is 11.4 Å². The van der Waals surface area contributed by atoms with Crippen LogP contribution in [0.5, 0.6) is 0 Å². The topological polar surface area (TPSA) is 46.2 Å². The van der Waals surface area contributed by atoms with Gasteiger partial charge in [0.25, 0.3) is 0 Å². The number of fused-ring (bicyclic) bond motifs is 1. The van der Waals surface area contributed by atoms with Gasteiger partial charge in [0.2, 0.25) is 0 Å². The molecule has 82 valence electrons. The van der Waals surface area contributed by atoms with E-state index in [0.29, 0.717) is 13.0 Å². The lowest BCUT2D eigenvalue weighted by molar-refractivity contribution is 0.486. The molecule has 1 heterocycles. The summed E-state index contributed by atoms with van der Waals surface area (Å²) in [5, 5.41) is 2.76. The molecule has 0 radical (unpaired) electrons. The summed E-state index contributed by atoms with van der Waals surface area (Å²) in [6.07, 6.45) is 0.387. The van der Waals surface area contributed by atoms with Gasteiger partial charge in [-0.2, -0.15) is 0 Å². The monoisotopic (exact) mass is 233 g/mol. The Hall–Kier alpha value is -1.17. The fourth-order valence-corrected chi connectivity index (χ4v) is 3.14. The second kappa shape index (κ2) is 3.44. The van der Waals surface area contributed by atoms with Crippen molar-refractivity contribution in [1.82, 2.24) is 0 Å². The molecule has 0 amide bonds. The zero-order valence-electron chi connectivity index (χ0n) is 7.76. The van der Waals surface area contributed by atoms with Crippen LogP contribution in [0, 0.1) is 11.6 Å². The van der Waals surface area contributed by atoms with Crippen molar-refractivity contribution in [3.8, 4) is 0 Å². The molecule has 0 fully saturated rings. The van der Waals surface area contributed by atoms with Crippen molar-refractivity contribution in [3.63, 3.8) is 0 Å². The second-order valence-electron chi connectivity index (χ2n) is 3.34. The van der Waals surface area contributed by atoms with E-state index in [1.54, 1.807) is 0 Å². The Balaban J connectivity index is 2.75. The van der Waals surface area contributed by atoms with Gasteiger partial charge in [-0.15, -0.1) is 0 Å². The van der Waals surface area contributed by atoms with E-state index in [4.69, 9.17) is 0 Å². The zero-order valence-corrected chi connectivity index (χ0v) is 8.57. The van der Waals surface area contributed by atoms with Crippen molar-refractivity contribution < 1.29 is 17.2 Å². The molecule has 1 aromatic rings. The molecule has 15 heavy (non-hydrogen) atoms. The van der Waals surface area contributed by atoms with Gasteiger partial charge in [-0.1, -0.05) is 0 Å². The quantitative estimate of drug-likeness (QED) is 0.739. The minimum Gasteiger partial charge on any atom is -0.384 e. The predicted octanol–water partition coefficient (Wildman–Crippen LogP) is 1.55. The van der Waals surface area contributed by atoms with Crippen molar-refractivity contribution >= 4 is 15.5 Å². The molecular formula is C9H9F2NO2S. The SMILES string of the molecule is O=S1(=O)CCCNc2ccc(F)c(F)c21. The number of rotatable bonds is 0. The lowest BCUT2D eigenvalue weighted by Crippen LogP contribution is -2.08. The fourth-order valence-electron chi connectivity index (χ4n) is 1.56. The molecule has 0 bridgehead atoms. The molecule has 0 spiro atoms. The van der Waals surface area contributed by atoms with Gasteiger partial charge in [0.15, 0.2) is 21.5 Å². The number of nitrogens with one attached hydrogen (secondary N) is 1. The average molecular weight is 233 g/mol. The van der Waals surface area contributed by atoms with Crippen molar-refractivity contribution in [3.05, 3.63) is 23.8 Å². The largest absolute Gasteiger partial charge is 0.384 e. The van der Waals surface area contributed by atoms with Crippen LogP contribution in [0.1, 0.15) is 6.42 Å². The molecule has 0 atom stereocenters. The minimum atomic E-state index is -3.71. The van der Waals surface area contributed by atoms with E-state index in [0.717, 1.165) is 6.07 Å². The Bertz CT molecular complexity index is 499. The molecule has 2 rings (SSSR count). The third-order valence-corrected chi connectivity index (χ3v) is 4.11. The average Bonchev–Trinajstić information content (AvgIpc) is 2.31. The highest BCUT2D eigenvalue weighted by Gasteiger charge is 2.27. The van der Waals surface area contributed by atoms with Gasteiger partial charge >= 0.3 is 0 Å². The van der Waals surface area contributed by atoms with Gasteiger partial charge < -0.3 is 5.32 Å². The van der Waals surface area contributed by atoms with E-state index in [1.807, 2.05) is 0 Å². The van der Waals surface area contributed by atoms with Crippen molar-refractivity contribution in [2.24, 2.45) is 0 Å². The summed E-state index contributed by atoms with van der Waals surface area (Å²) < 4.78 is 49.5. The highest BCUT2D eigenvalue weighted by molar-refractivity contribution is 7.91. The summed E-state index contributed by atoms with van der Waals surface area (Å²) in [4.78, 5) is -0.542. The Morgan fingerprint density at radius 2 is 2.00 bits per heavy atom. The summed E-state index contributed by atoms with van der Waals surface area (Å²) in [6.45, 7) is 0.442. The molecule has 0 aromatic heterocycles. The van der Waals surface area contributed by atoms with Crippen molar-refractivity contribution in [2.75, 3.05) is 17.6 Å². The van der Waals surface area contributed by atoms with Crippen LogP contribution in [0.25, 0.3) is 0 Å². The third-order valence-electron chi connectivity index (χ3n) is 2.27. The summed E-state index contributed by atoms with van der Waals surface area (Å²) >= 11 is 0. The van der Waals surface area contributed by atoms with Gasteiger partial charge in [-0.25, -0.2) is 17.2 Å². The molecule has 3 nitrogen and oxygen atoms in total. The van der Waals surface area contributed by atoms with Gasteiger partial charge in [-0.3, -0.25) is 0 Å². The summed E-state index contributed by atoms with van der Waals surface area (Å²) in [5.74, 6) is -2.59. The third kappa shape index (κ3) is 1.69. The van der Waals surface area contributed by atoms with Gasteiger partial charge in [0, 0.05) is 6.54 Å². The molecule has 0 unspecified atom stereocenters. The van der Waals surface area contributed by atoms with E-state index >= 15 is 0 Å². The van der Waals surface area contributed by atoms with Crippen LogP contribution in [0.4, 0.5) is 14.5 Å². The molecule has 0 saturated heterocycles. The van der Waals surface area contributed by atoms with Gasteiger partial charge in [0.05, 0.1) is 11.4 Å². The normalized spacial score (nSPS) is 18.8. The van der Waals surface area contributed by atoms with E-state index in [2.05, 4.69) is 5.32 Å².